The quantitative estimate of drug-likeness (QED) is 0.133. The van der Waals surface area contributed by atoms with Crippen molar-refractivity contribution in [3.05, 3.63) is 73.3 Å². The van der Waals surface area contributed by atoms with E-state index in [0.717, 1.165) is 35.7 Å². The van der Waals surface area contributed by atoms with Crippen molar-refractivity contribution in [2.45, 2.75) is 30.8 Å². The molecule has 0 bridgehead atoms. The number of phenolic OH excluding ortho intramolecular Hbond substituents is 1. The van der Waals surface area contributed by atoms with E-state index in [1.165, 1.54) is 28.9 Å². The zero-order valence-electron chi connectivity index (χ0n) is 19.9. The second-order valence-corrected chi connectivity index (χ2v) is 11.4. The van der Waals surface area contributed by atoms with Crippen LogP contribution < -0.4 is 15.7 Å². The number of methoxy groups -OCH3 is 1. The second-order valence-electron chi connectivity index (χ2n) is 8.41. The number of amides is 1. The lowest BCUT2D eigenvalue weighted by molar-refractivity contribution is -0.118. The summed E-state index contributed by atoms with van der Waals surface area (Å²) in [5, 5.41) is 15.0. The minimum absolute atomic E-state index is 0.000989. The van der Waals surface area contributed by atoms with Gasteiger partial charge < -0.3 is 9.84 Å². The van der Waals surface area contributed by atoms with E-state index in [0.29, 0.717) is 32.4 Å². The summed E-state index contributed by atoms with van der Waals surface area (Å²) in [5.41, 5.74) is 4.58. The van der Waals surface area contributed by atoms with Gasteiger partial charge >= 0.3 is 0 Å². The monoisotopic (exact) mass is 598 g/mol. The summed E-state index contributed by atoms with van der Waals surface area (Å²) in [4.78, 5) is 33.1. The van der Waals surface area contributed by atoms with E-state index >= 15 is 0 Å². The third kappa shape index (κ3) is 5.43. The van der Waals surface area contributed by atoms with Crippen molar-refractivity contribution < 1.29 is 14.6 Å². The maximum Gasteiger partial charge on any atom is 0.267 e. The number of aromatic nitrogens is 2. The zero-order chi connectivity index (χ0) is 25.9. The Labute approximate surface area is 229 Å². The lowest BCUT2D eigenvalue weighted by atomic mass is 9.97. The summed E-state index contributed by atoms with van der Waals surface area (Å²) in [6.07, 6.45) is 5.41. The summed E-state index contributed by atoms with van der Waals surface area (Å²) in [7, 11) is 1.59. The molecule has 2 N–H and O–H groups in total. The van der Waals surface area contributed by atoms with Gasteiger partial charge in [-0.1, -0.05) is 27.7 Å². The summed E-state index contributed by atoms with van der Waals surface area (Å²) in [6.45, 7) is 0. The Morgan fingerprint density at radius 1 is 1.27 bits per heavy atom. The number of ether oxygens (including phenoxy) is 1. The van der Waals surface area contributed by atoms with Gasteiger partial charge in [0.15, 0.2) is 5.16 Å². The lowest BCUT2D eigenvalue weighted by Gasteiger charge is -2.14. The molecule has 1 amide bonds. The first kappa shape index (κ1) is 25.5. The molecule has 2 heterocycles. The number of carbonyl (C=O) groups is 1. The van der Waals surface area contributed by atoms with Gasteiger partial charge in [-0.05, 0) is 73.7 Å². The molecule has 0 aliphatic heterocycles. The zero-order valence-corrected chi connectivity index (χ0v) is 23.1. The minimum atomic E-state index is -0.364. The van der Waals surface area contributed by atoms with Crippen LogP contribution in [0.15, 0.2) is 62.0 Å². The van der Waals surface area contributed by atoms with Crippen LogP contribution in [0.25, 0.3) is 15.9 Å². The van der Waals surface area contributed by atoms with E-state index in [2.05, 4.69) is 26.5 Å². The van der Waals surface area contributed by atoms with Crippen LogP contribution in [0.1, 0.15) is 28.8 Å². The van der Waals surface area contributed by atoms with Gasteiger partial charge in [0.05, 0.1) is 30.2 Å². The fourth-order valence-electron chi connectivity index (χ4n) is 4.21. The standard InChI is InChI=1S/C26H23BrN4O4S2/c1-35-18-9-7-17(8-10-18)31-25(34)23-19-4-2-3-5-21(19)37-24(23)29-26(31)36-14-22(33)30-28-13-15-12-16(27)6-11-20(15)32/h6-13,32H,2-5,14H2,1H3,(H,30,33). The predicted octanol–water partition coefficient (Wildman–Crippen LogP) is 5.05. The van der Waals surface area contributed by atoms with E-state index in [4.69, 9.17) is 9.72 Å². The molecule has 0 saturated carbocycles. The van der Waals surface area contributed by atoms with Crippen molar-refractivity contribution in [3.8, 4) is 17.2 Å². The van der Waals surface area contributed by atoms with Crippen molar-refractivity contribution in [3.63, 3.8) is 0 Å². The van der Waals surface area contributed by atoms with E-state index in [9.17, 15) is 14.7 Å². The average molecular weight is 600 g/mol. The summed E-state index contributed by atoms with van der Waals surface area (Å²) in [5.74, 6) is 0.370. The number of fused-ring (bicyclic) bond motifs is 3. The number of thiophene rings is 1. The molecule has 1 aliphatic rings. The largest absolute Gasteiger partial charge is 0.507 e. The number of thioether (sulfide) groups is 1. The normalized spacial score (nSPS) is 13.1. The lowest BCUT2D eigenvalue weighted by Crippen LogP contribution is -2.24. The fraction of sp³-hybridized carbons (Fsp3) is 0.231. The predicted molar refractivity (Wildman–Crippen MR) is 151 cm³/mol. The topological polar surface area (TPSA) is 106 Å². The summed E-state index contributed by atoms with van der Waals surface area (Å²) >= 11 is 6.09. The number of halogens is 1. The van der Waals surface area contributed by atoms with E-state index in [1.807, 2.05) is 12.1 Å². The Morgan fingerprint density at radius 2 is 2.05 bits per heavy atom. The van der Waals surface area contributed by atoms with Gasteiger partial charge in [0.1, 0.15) is 16.3 Å². The maximum atomic E-state index is 13.8. The number of phenols is 1. The molecule has 0 fully saturated rings. The Balaban J connectivity index is 1.43. The van der Waals surface area contributed by atoms with Crippen LogP contribution in [0.4, 0.5) is 0 Å². The highest BCUT2D eigenvalue weighted by molar-refractivity contribution is 9.10. The van der Waals surface area contributed by atoms with Crippen molar-refractivity contribution >= 4 is 61.4 Å². The number of hydrogen-bond acceptors (Lipinski definition) is 8. The number of aryl methyl sites for hydroxylation is 2. The molecule has 8 nitrogen and oxygen atoms in total. The van der Waals surface area contributed by atoms with Gasteiger partial charge in [0.25, 0.3) is 11.5 Å². The van der Waals surface area contributed by atoms with Crippen LogP contribution in [0.2, 0.25) is 0 Å². The van der Waals surface area contributed by atoms with E-state index in [-0.39, 0.29) is 23.0 Å². The smallest absolute Gasteiger partial charge is 0.267 e. The van der Waals surface area contributed by atoms with Crippen LogP contribution in [-0.2, 0) is 17.6 Å². The molecule has 5 rings (SSSR count). The van der Waals surface area contributed by atoms with Crippen molar-refractivity contribution in [2.24, 2.45) is 5.10 Å². The third-order valence-corrected chi connectivity index (χ3v) is 8.62. The highest BCUT2D eigenvalue weighted by atomic mass is 79.9. The number of benzene rings is 2. The van der Waals surface area contributed by atoms with Crippen LogP contribution in [-0.4, -0.2) is 39.6 Å². The molecule has 2 aromatic heterocycles. The number of rotatable bonds is 7. The SMILES string of the molecule is COc1ccc(-n2c(SCC(=O)NN=Cc3cc(Br)ccc3O)nc3sc4c(c3c2=O)CCCC4)cc1. The Bertz CT molecular complexity index is 1560. The molecule has 0 atom stereocenters. The Morgan fingerprint density at radius 3 is 2.84 bits per heavy atom. The molecule has 0 saturated heterocycles. The van der Waals surface area contributed by atoms with Crippen LogP contribution in [0.5, 0.6) is 11.5 Å². The Hall–Kier alpha value is -3.15. The molecule has 0 radical (unpaired) electrons. The van der Waals surface area contributed by atoms with Crippen LogP contribution in [0, 0.1) is 0 Å². The number of hydrogen-bond donors (Lipinski definition) is 2. The van der Waals surface area contributed by atoms with Crippen LogP contribution in [0.3, 0.4) is 0 Å². The molecule has 4 aromatic rings. The molecule has 0 unspecified atom stereocenters. The van der Waals surface area contributed by atoms with Gasteiger partial charge in [0, 0.05) is 14.9 Å². The van der Waals surface area contributed by atoms with Crippen LogP contribution >= 0.6 is 39.0 Å². The Kier molecular flexibility index (Phi) is 7.63. The number of aromatic hydroxyl groups is 1. The molecule has 37 heavy (non-hydrogen) atoms. The van der Waals surface area contributed by atoms with Gasteiger partial charge in [0.2, 0.25) is 0 Å². The molecular formula is C26H23BrN4O4S2. The number of nitrogens with zero attached hydrogens (tertiary/aromatic N) is 3. The molecule has 0 spiro atoms. The first-order valence-corrected chi connectivity index (χ1v) is 14.2. The van der Waals surface area contributed by atoms with Gasteiger partial charge in [-0.25, -0.2) is 10.4 Å². The maximum absolute atomic E-state index is 13.8. The molecular weight excluding hydrogens is 576 g/mol. The second kappa shape index (κ2) is 11.1. The van der Waals surface area contributed by atoms with Gasteiger partial charge in [-0.15, -0.1) is 11.3 Å². The highest BCUT2D eigenvalue weighted by Crippen LogP contribution is 2.35. The van der Waals surface area contributed by atoms with E-state index in [1.54, 1.807) is 47.3 Å². The van der Waals surface area contributed by atoms with E-state index < -0.39 is 0 Å². The number of nitrogens with one attached hydrogen (secondary N) is 1. The molecule has 11 heteroatoms. The number of carbonyl (C=O) groups excluding carboxylic acids is 1. The molecule has 2 aromatic carbocycles. The first-order valence-electron chi connectivity index (χ1n) is 11.6. The highest BCUT2D eigenvalue weighted by Gasteiger charge is 2.23. The minimum Gasteiger partial charge on any atom is -0.507 e. The average Bonchev–Trinajstić information content (AvgIpc) is 3.28. The van der Waals surface area contributed by atoms with Gasteiger partial charge in [-0.2, -0.15) is 5.10 Å². The van der Waals surface area contributed by atoms with Crippen molar-refractivity contribution in [1.82, 2.24) is 15.0 Å². The van der Waals surface area contributed by atoms with Gasteiger partial charge in [-0.3, -0.25) is 14.2 Å². The summed E-state index contributed by atoms with van der Waals surface area (Å²) < 4.78 is 7.62. The van der Waals surface area contributed by atoms with Crippen molar-refractivity contribution in [2.75, 3.05) is 12.9 Å². The number of hydrazone groups is 1. The third-order valence-electron chi connectivity index (χ3n) is 6.00. The molecule has 1 aliphatic carbocycles. The van der Waals surface area contributed by atoms with Crippen molar-refractivity contribution in [1.29, 1.82) is 0 Å². The fourth-order valence-corrected chi connectivity index (χ4v) is 6.69. The first-order chi connectivity index (χ1) is 17.9. The summed E-state index contributed by atoms with van der Waals surface area (Å²) in [6, 6.07) is 12.1. The molecule has 190 valence electrons.